The Hall–Kier alpha value is -2.36. The second-order valence-corrected chi connectivity index (χ2v) is 7.93. The summed E-state index contributed by atoms with van der Waals surface area (Å²) in [6.45, 7) is -0.281. The number of carbonyl (C=O) groups is 2. The minimum Gasteiger partial charge on any atom is -0.479 e. The van der Waals surface area contributed by atoms with Crippen LogP contribution in [0.25, 0.3) is 6.08 Å². The number of benzene rings is 2. The van der Waals surface area contributed by atoms with Crippen molar-refractivity contribution in [3.63, 3.8) is 0 Å². The average Bonchev–Trinajstić information content (AvgIpc) is 3.01. The molecule has 29 heavy (non-hydrogen) atoms. The fraction of sp³-hybridized carbons (Fsp3) is 0.105. The van der Waals surface area contributed by atoms with Crippen molar-refractivity contribution in [2.24, 2.45) is 4.99 Å². The van der Waals surface area contributed by atoms with E-state index in [1.165, 1.54) is 31.4 Å². The number of hydrogen-bond donors (Lipinski definition) is 1. The summed E-state index contributed by atoms with van der Waals surface area (Å²) in [4.78, 5) is 28.1. The lowest BCUT2D eigenvalue weighted by Gasteiger charge is -2.10. The van der Waals surface area contributed by atoms with Gasteiger partial charge in [0.25, 0.3) is 5.91 Å². The van der Waals surface area contributed by atoms with Crippen molar-refractivity contribution in [3.05, 3.63) is 62.2 Å². The standard InChI is InChI=1S/C19H13BrClFN2O4S/c1-27-16(25)9-28-17-13(20)6-10(7-14(17)21)8-15-18(26)24-19(29-15)23-12-4-2-11(22)3-5-12/h2-8H,9H2,1H3,(H,23,24,26)/b15-8+. The van der Waals surface area contributed by atoms with Crippen LogP contribution in [0.15, 0.2) is 50.8 Å². The molecule has 0 aromatic heterocycles. The molecule has 1 aliphatic rings. The molecule has 2 aromatic rings. The first kappa shape index (κ1) is 21.4. The quantitative estimate of drug-likeness (QED) is 0.477. The van der Waals surface area contributed by atoms with Gasteiger partial charge in [0.2, 0.25) is 0 Å². The van der Waals surface area contributed by atoms with Gasteiger partial charge in [0, 0.05) is 0 Å². The Morgan fingerprint density at radius 2 is 2.07 bits per heavy atom. The van der Waals surface area contributed by atoms with Gasteiger partial charge in [-0.3, -0.25) is 4.79 Å². The Kier molecular flexibility index (Phi) is 6.94. The molecular formula is C19H13BrClFN2O4S. The number of carbonyl (C=O) groups excluding carboxylic acids is 2. The molecule has 3 rings (SSSR count). The second kappa shape index (κ2) is 9.43. The molecule has 0 atom stereocenters. The highest BCUT2D eigenvalue weighted by molar-refractivity contribution is 9.10. The molecule has 0 saturated carbocycles. The zero-order chi connectivity index (χ0) is 21.0. The lowest BCUT2D eigenvalue weighted by molar-refractivity contribution is -0.142. The van der Waals surface area contributed by atoms with Crippen molar-refractivity contribution in [2.45, 2.75) is 0 Å². The highest BCUT2D eigenvalue weighted by atomic mass is 79.9. The van der Waals surface area contributed by atoms with E-state index in [9.17, 15) is 14.0 Å². The summed E-state index contributed by atoms with van der Waals surface area (Å²) < 4.78 is 23.4. The molecule has 2 aromatic carbocycles. The van der Waals surface area contributed by atoms with Crippen LogP contribution in [0.4, 0.5) is 10.1 Å². The third-order valence-corrected chi connectivity index (χ3v) is 5.37. The summed E-state index contributed by atoms with van der Waals surface area (Å²) in [5.74, 6) is -0.916. The SMILES string of the molecule is COC(=O)COc1c(Cl)cc(/C=C2/SC(=Nc3ccc(F)cc3)NC2=O)cc1Br. The van der Waals surface area contributed by atoms with Gasteiger partial charge in [0.15, 0.2) is 17.5 Å². The van der Waals surface area contributed by atoms with Gasteiger partial charge < -0.3 is 14.8 Å². The Balaban J connectivity index is 1.78. The maximum atomic E-state index is 13.0. The molecule has 0 radical (unpaired) electrons. The molecule has 1 fully saturated rings. The maximum absolute atomic E-state index is 13.0. The summed E-state index contributed by atoms with van der Waals surface area (Å²) in [6, 6.07) is 8.92. The van der Waals surface area contributed by atoms with Gasteiger partial charge in [-0.05, 0) is 75.7 Å². The number of nitrogens with zero attached hydrogens (tertiary/aromatic N) is 1. The molecule has 10 heteroatoms. The topological polar surface area (TPSA) is 77.0 Å². The molecule has 6 nitrogen and oxygen atoms in total. The number of esters is 1. The summed E-state index contributed by atoms with van der Waals surface area (Å²) in [5.41, 5.74) is 1.17. The van der Waals surface area contributed by atoms with Crippen LogP contribution in [-0.4, -0.2) is 30.8 Å². The van der Waals surface area contributed by atoms with Crippen LogP contribution < -0.4 is 10.1 Å². The molecule has 0 spiro atoms. The van der Waals surface area contributed by atoms with E-state index in [1.54, 1.807) is 18.2 Å². The van der Waals surface area contributed by atoms with Crippen LogP contribution in [0, 0.1) is 5.82 Å². The summed E-state index contributed by atoms with van der Waals surface area (Å²) in [5, 5.41) is 3.31. The smallest absolute Gasteiger partial charge is 0.343 e. The number of aliphatic imine (C=N–C) groups is 1. The highest BCUT2D eigenvalue weighted by Gasteiger charge is 2.24. The first-order chi connectivity index (χ1) is 13.9. The van der Waals surface area contributed by atoms with E-state index in [2.05, 4.69) is 31.0 Å². The van der Waals surface area contributed by atoms with Crippen LogP contribution in [0.2, 0.25) is 5.02 Å². The van der Waals surface area contributed by atoms with E-state index < -0.39 is 5.97 Å². The van der Waals surface area contributed by atoms with Crippen molar-refractivity contribution in [2.75, 3.05) is 13.7 Å². The number of rotatable bonds is 5. The Labute approximate surface area is 183 Å². The number of thioether (sulfide) groups is 1. The van der Waals surface area contributed by atoms with Gasteiger partial charge in [0.05, 0.1) is 27.2 Å². The fourth-order valence-corrected chi connectivity index (χ4v) is 4.09. The lowest BCUT2D eigenvalue weighted by atomic mass is 10.2. The number of amidine groups is 1. The normalized spacial score (nSPS) is 16.2. The van der Waals surface area contributed by atoms with E-state index in [4.69, 9.17) is 16.3 Å². The van der Waals surface area contributed by atoms with E-state index in [1.807, 2.05) is 0 Å². The fourth-order valence-electron chi connectivity index (χ4n) is 2.26. The van der Waals surface area contributed by atoms with Gasteiger partial charge in [-0.1, -0.05) is 11.6 Å². The number of nitrogens with one attached hydrogen (secondary N) is 1. The molecule has 1 saturated heterocycles. The first-order valence-electron chi connectivity index (χ1n) is 8.09. The molecule has 1 aliphatic heterocycles. The van der Waals surface area contributed by atoms with Crippen molar-refractivity contribution < 1.29 is 23.5 Å². The third kappa shape index (κ3) is 5.59. The van der Waals surface area contributed by atoms with Crippen molar-refractivity contribution in [1.82, 2.24) is 5.32 Å². The van der Waals surface area contributed by atoms with E-state index in [-0.39, 0.29) is 23.4 Å². The second-order valence-electron chi connectivity index (χ2n) is 5.64. The molecule has 1 amide bonds. The minimum atomic E-state index is -0.536. The predicted molar refractivity (Wildman–Crippen MR) is 114 cm³/mol. The van der Waals surface area contributed by atoms with E-state index >= 15 is 0 Å². The van der Waals surface area contributed by atoms with Crippen LogP contribution in [-0.2, 0) is 14.3 Å². The van der Waals surface area contributed by atoms with E-state index in [0.29, 0.717) is 31.5 Å². The number of ether oxygens (including phenoxy) is 2. The van der Waals surface area contributed by atoms with Gasteiger partial charge in [-0.2, -0.15) is 0 Å². The monoisotopic (exact) mass is 498 g/mol. The van der Waals surface area contributed by atoms with Crippen molar-refractivity contribution >= 4 is 68.1 Å². The van der Waals surface area contributed by atoms with Crippen LogP contribution in [0.3, 0.4) is 0 Å². The Morgan fingerprint density at radius 3 is 2.72 bits per heavy atom. The number of amides is 1. The van der Waals surface area contributed by atoms with Crippen molar-refractivity contribution in [1.29, 1.82) is 0 Å². The van der Waals surface area contributed by atoms with Crippen molar-refractivity contribution in [3.8, 4) is 5.75 Å². The first-order valence-corrected chi connectivity index (χ1v) is 10.1. The molecule has 0 bridgehead atoms. The average molecular weight is 500 g/mol. The zero-order valence-corrected chi connectivity index (χ0v) is 18.0. The minimum absolute atomic E-state index is 0.263. The predicted octanol–water partition coefficient (Wildman–Crippen LogP) is 4.69. The molecule has 1 heterocycles. The summed E-state index contributed by atoms with van der Waals surface area (Å²) >= 11 is 10.7. The van der Waals surface area contributed by atoms with Gasteiger partial charge in [-0.25, -0.2) is 14.2 Å². The molecule has 0 unspecified atom stereocenters. The van der Waals surface area contributed by atoms with Gasteiger partial charge in [-0.15, -0.1) is 0 Å². The number of hydrogen-bond acceptors (Lipinski definition) is 6. The van der Waals surface area contributed by atoms with Crippen LogP contribution in [0.1, 0.15) is 5.56 Å². The zero-order valence-electron chi connectivity index (χ0n) is 14.9. The van der Waals surface area contributed by atoms with E-state index in [0.717, 1.165) is 11.8 Å². The molecule has 1 N–H and O–H groups in total. The van der Waals surface area contributed by atoms with Gasteiger partial charge >= 0.3 is 5.97 Å². The maximum Gasteiger partial charge on any atom is 0.343 e. The lowest BCUT2D eigenvalue weighted by Crippen LogP contribution is -2.19. The number of methoxy groups -OCH3 is 1. The van der Waals surface area contributed by atoms with Crippen LogP contribution >= 0.6 is 39.3 Å². The Bertz CT molecular complexity index is 1000. The van der Waals surface area contributed by atoms with Gasteiger partial charge in [0.1, 0.15) is 5.82 Å². The Morgan fingerprint density at radius 1 is 1.34 bits per heavy atom. The molecule has 0 aliphatic carbocycles. The largest absolute Gasteiger partial charge is 0.479 e. The highest BCUT2D eigenvalue weighted by Crippen LogP contribution is 2.36. The molecule has 150 valence electrons. The molecular weight excluding hydrogens is 487 g/mol. The summed E-state index contributed by atoms with van der Waals surface area (Å²) in [7, 11) is 1.26. The summed E-state index contributed by atoms with van der Waals surface area (Å²) in [6.07, 6.45) is 1.65. The third-order valence-electron chi connectivity index (χ3n) is 3.59. The van der Waals surface area contributed by atoms with Crippen LogP contribution in [0.5, 0.6) is 5.75 Å². The number of halogens is 3.